The van der Waals surface area contributed by atoms with Gasteiger partial charge in [-0.1, -0.05) is 13.3 Å². The highest BCUT2D eigenvalue weighted by Crippen LogP contribution is 2.42. The van der Waals surface area contributed by atoms with Crippen LogP contribution in [0, 0.1) is 5.92 Å². The maximum atomic E-state index is 12.5. The van der Waals surface area contributed by atoms with Crippen molar-refractivity contribution in [1.82, 2.24) is 14.3 Å². The topological polar surface area (TPSA) is 61.4 Å². The molecule has 0 aromatic heterocycles. The number of nitrogens with zero attached hydrogens (tertiary/aromatic N) is 1. The monoisotopic (exact) mass is 335 g/mol. The number of hydrogen-bond acceptors (Lipinski definition) is 4. The predicted molar refractivity (Wildman–Crippen MR) is 89.9 cm³/mol. The summed E-state index contributed by atoms with van der Waals surface area (Å²) in [6.07, 6.45) is 7.63. The summed E-state index contributed by atoms with van der Waals surface area (Å²) in [5.74, 6) is 0.438. The van der Waals surface area contributed by atoms with E-state index in [0.29, 0.717) is 25.6 Å². The van der Waals surface area contributed by atoms with Crippen LogP contribution < -0.4 is 10.0 Å². The Labute approximate surface area is 133 Å². The minimum Gasteiger partial charge on any atom is -0.317 e. The van der Waals surface area contributed by atoms with Crippen LogP contribution in [0.15, 0.2) is 0 Å². The number of piperidine rings is 1. The van der Waals surface area contributed by atoms with Gasteiger partial charge in [0.05, 0.1) is 0 Å². The molecule has 1 aliphatic carbocycles. The van der Waals surface area contributed by atoms with E-state index < -0.39 is 10.2 Å². The molecule has 1 aliphatic heterocycles. The maximum absolute atomic E-state index is 12.5. The summed E-state index contributed by atoms with van der Waals surface area (Å²) in [6.45, 7) is 5.82. The van der Waals surface area contributed by atoms with Crippen molar-refractivity contribution in [3.63, 3.8) is 0 Å². The van der Waals surface area contributed by atoms with E-state index in [1.165, 1.54) is 6.42 Å². The molecule has 5 nitrogen and oxygen atoms in total. The Kier molecular flexibility index (Phi) is 6.38. The fourth-order valence-electron chi connectivity index (χ4n) is 3.10. The van der Waals surface area contributed by atoms with Crippen LogP contribution in [0.25, 0.3) is 0 Å². The van der Waals surface area contributed by atoms with E-state index in [-0.39, 0.29) is 4.75 Å². The van der Waals surface area contributed by atoms with Crippen LogP contribution in [0.1, 0.15) is 39.0 Å². The van der Waals surface area contributed by atoms with Crippen molar-refractivity contribution in [1.29, 1.82) is 0 Å². The Morgan fingerprint density at radius 1 is 1.33 bits per heavy atom. The first-order valence-corrected chi connectivity index (χ1v) is 10.7. The molecule has 1 unspecified atom stereocenters. The van der Waals surface area contributed by atoms with Crippen molar-refractivity contribution in [3.8, 4) is 0 Å². The first-order valence-electron chi connectivity index (χ1n) is 8.02. The third-order valence-electron chi connectivity index (χ3n) is 4.78. The van der Waals surface area contributed by atoms with Crippen molar-refractivity contribution in [2.45, 2.75) is 43.8 Å². The second-order valence-corrected chi connectivity index (χ2v) is 9.27. The minimum absolute atomic E-state index is 0.145. The second kappa shape index (κ2) is 7.64. The lowest BCUT2D eigenvalue weighted by Crippen LogP contribution is -2.52. The molecule has 21 heavy (non-hydrogen) atoms. The molecule has 7 heteroatoms. The molecule has 0 radical (unpaired) electrons. The standard InChI is InChI=1S/C14H29N3O2S2/c1-3-15-10-13-6-4-9-17(11-13)21(18,19)16-12-14(20-2)7-5-8-14/h13,15-16H,3-12H2,1-2H3. The molecule has 124 valence electrons. The van der Waals surface area contributed by atoms with Crippen molar-refractivity contribution in [2.75, 3.05) is 39.0 Å². The van der Waals surface area contributed by atoms with E-state index in [4.69, 9.17) is 0 Å². The quantitative estimate of drug-likeness (QED) is 0.704. The molecule has 0 aromatic rings. The van der Waals surface area contributed by atoms with Gasteiger partial charge in [0.1, 0.15) is 0 Å². The van der Waals surface area contributed by atoms with Gasteiger partial charge in [0, 0.05) is 24.4 Å². The van der Waals surface area contributed by atoms with Crippen LogP contribution in [-0.2, 0) is 10.2 Å². The zero-order valence-electron chi connectivity index (χ0n) is 13.2. The molecule has 2 N–H and O–H groups in total. The summed E-state index contributed by atoms with van der Waals surface area (Å²) in [4.78, 5) is 0. The Morgan fingerprint density at radius 2 is 2.10 bits per heavy atom. The summed E-state index contributed by atoms with van der Waals surface area (Å²) in [5.41, 5.74) is 0. The van der Waals surface area contributed by atoms with Gasteiger partial charge in [0.2, 0.25) is 0 Å². The van der Waals surface area contributed by atoms with E-state index in [0.717, 1.165) is 38.8 Å². The van der Waals surface area contributed by atoms with Crippen molar-refractivity contribution in [2.24, 2.45) is 5.92 Å². The number of rotatable bonds is 8. The molecule has 2 fully saturated rings. The lowest BCUT2D eigenvalue weighted by Gasteiger charge is -2.41. The third kappa shape index (κ3) is 4.58. The Balaban J connectivity index is 1.86. The van der Waals surface area contributed by atoms with Crippen LogP contribution in [0.5, 0.6) is 0 Å². The van der Waals surface area contributed by atoms with Gasteiger partial charge in [0.15, 0.2) is 0 Å². The summed E-state index contributed by atoms with van der Waals surface area (Å²) in [7, 11) is -3.32. The Hall–Kier alpha value is 0.180. The fraction of sp³-hybridized carbons (Fsp3) is 1.00. The summed E-state index contributed by atoms with van der Waals surface area (Å²) >= 11 is 1.80. The normalized spacial score (nSPS) is 26.5. The van der Waals surface area contributed by atoms with Gasteiger partial charge in [-0.25, -0.2) is 4.72 Å². The number of thioether (sulfide) groups is 1. The molecular weight excluding hydrogens is 306 g/mol. The maximum Gasteiger partial charge on any atom is 0.279 e. The largest absolute Gasteiger partial charge is 0.317 e. The predicted octanol–water partition coefficient (Wildman–Crippen LogP) is 1.43. The molecule has 2 aliphatic rings. The molecule has 0 spiro atoms. The van der Waals surface area contributed by atoms with E-state index in [2.05, 4.69) is 23.2 Å². The average Bonchev–Trinajstić information content (AvgIpc) is 2.45. The van der Waals surface area contributed by atoms with Crippen molar-refractivity contribution < 1.29 is 8.42 Å². The Morgan fingerprint density at radius 3 is 2.67 bits per heavy atom. The summed E-state index contributed by atoms with van der Waals surface area (Å²) in [6, 6.07) is 0. The molecule has 0 aromatic carbocycles. The highest BCUT2D eigenvalue weighted by atomic mass is 32.2. The summed E-state index contributed by atoms with van der Waals surface area (Å²) < 4.78 is 29.6. The van der Waals surface area contributed by atoms with Crippen LogP contribution in [0.3, 0.4) is 0 Å². The van der Waals surface area contributed by atoms with E-state index in [9.17, 15) is 8.42 Å². The minimum atomic E-state index is -3.32. The van der Waals surface area contributed by atoms with Gasteiger partial charge < -0.3 is 5.32 Å². The van der Waals surface area contributed by atoms with Gasteiger partial charge in [-0.2, -0.15) is 24.5 Å². The second-order valence-electron chi connectivity index (χ2n) is 6.24. The number of hydrogen-bond donors (Lipinski definition) is 2. The van der Waals surface area contributed by atoms with E-state index in [1.54, 1.807) is 16.1 Å². The fourth-order valence-corrected chi connectivity index (χ4v) is 5.52. The highest BCUT2D eigenvalue weighted by molar-refractivity contribution is 8.00. The Bertz CT molecular complexity index is 418. The van der Waals surface area contributed by atoms with Gasteiger partial charge in [-0.15, -0.1) is 0 Å². The zero-order valence-corrected chi connectivity index (χ0v) is 14.9. The van der Waals surface area contributed by atoms with Crippen LogP contribution in [-0.4, -0.2) is 56.4 Å². The van der Waals surface area contributed by atoms with Crippen LogP contribution >= 0.6 is 11.8 Å². The van der Waals surface area contributed by atoms with Crippen molar-refractivity contribution >= 4 is 22.0 Å². The molecule has 1 heterocycles. The third-order valence-corrected chi connectivity index (χ3v) is 7.72. The van der Waals surface area contributed by atoms with Gasteiger partial charge in [-0.05, 0) is 50.9 Å². The van der Waals surface area contributed by atoms with E-state index >= 15 is 0 Å². The first-order chi connectivity index (χ1) is 10.0. The molecule has 1 saturated heterocycles. The lowest BCUT2D eigenvalue weighted by molar-refractivity contribution is 0.257. The van der Waals surface area contributed by atoms with Gasteiger partial charge >= 0.3 is 0 Å². The molecule has 0 bridgehead atoms. The molecule has 1 atom stereocenters. The molecule has 0 amide bonds. The van der Waals surface area contributed by atoms with Crippen LogP contribution in [0.4, 0.5) is 0 Å². The average molecular weight is 336 g/mol. The van der Waals surface area contributed by atoms with Gasteiger partial charge in [-0.3, -0.25) is 0 Å². The zero-order chi connectivity index (χ0) is 15.3. The van der Waals surface area contributed by atoms with Crippen LogP contribution in [0.2, 0.25) is 0 Å². The molecule has 2 rings (SSSR count). The highest BCUT2D eigenvalue weighted by Gasteiger charge is 2.38. The molecular formula is C14H29N3O2S2. The summed E-state index contributed by atoms with van der Waals surface area (Å²) in [5, 5.41) is 3.33. The smallest absolute Gasteiger partial charge is 0.279 e. The van der Waals surface area contributed by atoms with Crippen molar-refractivity contribution in [3.05, 3.63) is 0 Å². The lowest BCUT2D eigenvalue weighted by atomic mass is 9.84. The number of nitrogens with one attached hydrogen (secondary N) is 2. The van der Waals surface area contributed by atoms with E-state index in [1.807, 2.05) is 0 Å². The molecule has 1 saturated carbocycles. The first kappa shape index (κ1) is 17.5. The SMILES string of the molecule is CCNCC1CCCN(S(=O)(=O)NCC2(SC)CCC2)C1. The van der Waals surface area contributed by atoms with Gasteiger partial charge in [0.25, 0.3) is 10.2 Å².